The number of thiazole rings is 1. The lowest BCUT2D eigenvalue weighted by Gasteiger charge is -1.92. The van der Waals surface area contributed by atoms with Gasteiger partial charge in [0.1, 0.15) is 0 Å². The summed E-state index contributed by atoms with van der Waals surface area (Å²) in [5.41, 5.74) is 0. The van der Waals surface area contributed by atoms with Crippen molar-refractivity contribution >= 4 is 45.2 Å². The van der Waals surface area contributed by atoms with E-state index in [0.29, 0.717) is 3.95 Å². The van der Waals surface area contributed by atoms with E-state index in [1.54, 1.807) is 6.20 Å². The molecule has 0 aliphatic rings. The highest BCUT2D eigenvalue weighted by Crippen LogP contribution is 2.19. The van der Waals surface area contributed by atoms with E-state index in [4.69, 9.17) is 12.2 Å². The minimum absolute atomic E-state index is 0.661. The molecular weight excluding hydrogens is 212 g/mol. The summed E-state index contributed by atoms with van der Waals surface area (Å²) in [6.45, 7) is 0. The molecule has 0 saturated heterocycles. The Balaban J connectivity index is 2.19. The summed E-state index contributed by atoms with van der Waals surface area (Å²) < 4.78 is 0.661. The van der Waals surface area contributed by atoms with Crippen LogP contribution in [-0.4, -0.2) is 15.2 Å². The van der Waals surface area contributed by atoms with Crippen LogP contribution in [0.3, 0.4) is 0 Å². The molecule has 2 aromatic heterocycles. The zero-order chi connectivity index (χ0) is 8.39. The van der Waals surface area contributed by atoms with Crippen LogP contribution in [0.1, 0.15) is 0 Å². The van der Waals surface area contributed by atoms with Crippen LogP contribution in [0.15, 0.2) is 11.6 Å². The number of H-pyrrole nitrogens is 1. The molecule has 2 aromatic rings. The summed E-state index contributed by atoms with van der Waals surface area (Å²) in [6, 6.07) is 0. The molecule has 0 aliphatic carbocycles. The van der Waals surface area contributed by atoms with Gasteiger partial charge in [-0.3, -0.25) is 5.10 Å². The van der Waals surface area contributed by atoms with Crippen LogP contribution in [0, 0.1) is 3.95 Å². The van der Waals surface area contributed by atoms with Gasteiger partial charge in [-0.25, -0.2) is 4.98 Å². The maximum Gasteiger partial charge on any atom is 0.210 e. The van der Waals surface area contributed by atoms with Crippen LogP contribution in [0.2, 0.25) is 0 Å². The van der Waals surface area contributed by atoms with Crippen molar-refractivity contribution in [1.29, 1.82) is 0 Å². The molecule has 4 nitrogen and oxygen atoms in total. The number of hydrogen-bond donors (Lipinski definition) is 2. The number of anilines is 2. The Kier molecular flexibility index (Phi) is 2.15. The first-order chi connectivity index (χ1) is 5.84. The molecule has 2 N–H and O–H groups in total. The standard InChI is InChI=1S/C5H4N4S3/c10-5-9-8-4(12-5)7-3-6-1-2-11-3/h1-2H,(H,9,10)(H,6,7,8). The molecule has 7 heteroatoms. The number of nitrogens with zero attached hydrogens (tertiary/aromatic N) is 2. The fourth-order valence-corrected chi connectivity index (χ4v) is 2.04. The second-order valence-corrected chi connectivity index (χ2v) is 4.44. The zero-order valence-corrected chi connectivity index (χ0v) is 8.22. The van der Waals surface area contributed by atoms with Crippen molar-refractivity contribution in [1.82, 2.24) is 15.2 Å². The number of rotatable bonds is 2. The van der Waals surface area contributed by atoms with Crippen LogP contribution >= 0.6 is 34.9 Å². The van der Waals surface area contributed by atoms with Crippen LogP contribution in [-0.2, 0) is 0 Å². The van der Waals surface area contributed by atoms with Gasteiger partial charge >= 0.3 is 0 Å². The highest BCUT2D eigenvalue weighted by molar-refractivity contribution is 7.73. The lowest BCUT2D eigenvalue weighted by atomic mass is 11.0. The van der Waals surface area contributed by atoms with Gasteiger partial charge in [-0.15, -0.1) is 16.4 Å². The number of hydrogen-bond acceptors (Lipinski definition) is 6. The fraction of sp³-hybridized carbons (Fsp3) is 0. The van der Waals surface area contributed by atoms with Crippen molar-refractivity contribution in [2.24, 2.45) is 0 Å². The van der Waals surface area contributed by atoms with Crippen LogP contribution in [0.4, 0.5) is 10.3 Å². The zero-order valence-electron chi connectivity index (χ0n) is 5.77. The van der Waals surface area contributed by atoms with Crippen LogP contribution in [0.25, 0.3) is 0 Å². The molecule has 0 saturated carbocycles. The second-order valence-electron chi connectivity index (χ2n) is 1.88. The summed E-state index contributed by atoms with van der Waals surface area (Å²) in [7, 11) is 0. The lowest BCUT2D eigenvalue weighted by Crippen LogP contribution is -1.87. The van der Waals surface area contributed by atoms with Gasteiger partial charge < -0.3 is 5.32 Å². The van der Waals surface area contributed by atoms with E-state index in [1.165, 1.54) is 22.7 Å². The van der Waals surface area contributed by atoms with E-state index in [0.717, 1.165) is 10.3 Å². The summed E-state index contributed by atoms with van der Waals surface area (Å²) in [6.07, 6.45) is 1.74. The molecule has 2 heterocycles. The van der Waals surface area contributed by atoms with Gasteiger partial charge in [0.05, 0.1) is 0 Å². The SMILES string of the molecule is S=c1[nH]nc(Nc2nccs2)s1. The Hall–Kier alpha value is -0.790. The van der Waals surface area contributed by atoms with Crippen molar-refractivity contribution in [3.63, 3.8) is 0 Å². The molecule has 0 unspecified atom stereocenters. The first kappa shape index (κ1) is 7.84. The Morgan fingerprint density at radius 2 is 2.42 bits per heavy atom. The monoisotopic (exact) mass is 216 g/mol. The first-order valence-corrected chi connectivity index (χ1v) is 5.17. The Morgan fingerprint density at radius 3 is 3.00 bits per heavy atom. The Bertz CT molecular complexity index is 400. The third-order valence-corrected chi connectivity index (χ3v) is 2.78. The number of nitrogens with one attached hydrogen (secondary N) is 2. The maximum atomic E-state index is 4.87. The van der Waals surface area contributed by atoms with Gasteiger partial charge in [0.25, 0.3) is 0 Å². The quantitative estimate of drug-likeness (QED) is 0.757. The molecule has 0 aromatic carbocycles. The minimum Gasteiger partial charge on any atom is -0.306 e. The minimum atomic E-state index is 0.661. The predicted octanol–water partition coefficient (Wildman–Crippen LogP) is 2.40. The molecule has 0 spiro atoms. The molecule has 0 fully saturated rings. The molecule has 0 aliphatic heterocycles. The van der Waals surface area contributed by atoms with E-state index in [-0.39, 0.29) is 0 Å². The molecule has 62 valence electrons. The van der Waals surface area contributed by atoms with E-state index >= 15 is 0 Å². The van der Waals surface area contributed by atoms with E-state index in [9.17, 15) is 0 Å². The second kappa shape index (κ2) is 3.30. The first-order valence-electron chi connectivity index (χ1n) is 3.06. The molecule has 2 rings (SSSR count). The molecule has 0 atom stereocenters. The average molecular weight is 216 g/mol. The third kappa shape index (κ3) is 1.68. The van der Waals surface area contributed by atoms with E-state index < -0.39 is 0 Å². The molecule has 0 radical (unpaired) electrons. The smallest absolute Gasteiger partial charge is 0.210 e. The van der Waals surface area contributed by atoms with Gasteiger partial charge in [-0.05, 0) is 12.2 Å². The topological polar surface area (TPSA) is 53.6 Å². The highest BCUT2D eigenvalue weighted by Gasteiger charge is 1.98. The van der Waals surface area contributed by atoms with Gasteiger partial charge in [0, 0.05) is 11.6 Å². The van der Waals surface area contributed by atoms with Gasteiger partial charge in [0.15, 0.2) is 9.09 Å². The third-order valence-electron chi connectivity index (χ3n) is 1.08. The van der Waals surface area contributed by atoms with Crippen LogP contribution in [0.5, 0.6) is 0 Å². The van der Waals surface area contributed by atoms with Crippen molar-refractivity contribution in [2.75, 3.05) is 5.32 Å². The summed E-state index contributed by atoms with van der Waals surface area (Å²) in [4.78, 5) is 4.05. The van der Waals surface area contributed by atoms with Crippen molar-refractivity contribution < 1.29 is 0 Å². The normalized spacial score (nSPS) is 10.0. The van der Waals surface area contributed by atoms with Gasteiger partial charge in [-0.1, -0.05) is 11.3 Å². The predicted molar refractivity (Wildman–Crippen MR) is 52.7 cm³/mol. The molecule has 0 bridgehead atoms. The number of aromatic nitrogens is 3. The highest BCUT2D eigenvalue weighted by atomic mass is 32.1. The van der Waals surface area contributed by atoms with Gasteiger partial charge in [0.2, 0.25) is 5.13 Å². The van der Waals surface area contributed by atoms with Gasteiger partial charge in [-0.2, -0.15) is 0 Å². The van der Waals surface area contributed by atoms with Crippen molar-refractivity contribution in [3.8, 4) is 0 Å². The fourth-order valence-electron chi connectivity index (χ4n) is 0.660. The summed E-state index contributed by atoms with van der Waals surface area (Å²) in [5.74, 6) is 0. The Labute approximate surface area is 81.3 Å². The van der Waals surface area contributed by atoms with E-state index in [1.807, 2.05) is 5.38 Å². The summed E-state index contributed by atoms with van der Waals surface area (Å²) in [5, 5.41) is 13.1. The molecule has 0 amide bonds. The van der Waals surface area contributed by atoms with Crippen molar-refractivity contribution in [2.45, 2.75) is 0 Å². The Morgan fingerprint density at radius 1 is 1.50 bits per heavy atom. The molecule has 12 heavy (non-hydrogen) atoms. The van der Waals surface area contributed by atoms with Crippen molar-refractivity contribution in [3.05, 3.63) is 15.5 Å². The summed E-state index contributed by atoms with van der Waals surface area (Å²) >= 11 is 7.79. The van der Waals surface area contributed by atoms with E-state index in [2.05, 4.69) is 20.5 Å². The molecular formula is C5H4N4S3. The largest absolute Gasteiger partial charge is 0.306 e. The average Bonchev–Trinajstić information content (AvgIpc) is 2.63. The lowest BCUT2D eigenvalue weighted by molar-refractivity contribution is 1.08. The maximum absolute atomic E-state index is 4.87. The number of aromatic amines is 1. The van der Waals surface area contributed by atoms with Crippen LogP contribution < -0.4 is 5.32 Å².